The molecule has 0 bridgehead atoms. The van der Waals surface area contributed by atoms with Crippen LogP contribution >= 0.6 is 0 Å². The van der Waals surface area contributed by atoms with Crippen molar-refractivity contribution in [2.45, 2.75) is 45.6 Å². The maximum atomic E-state index is 12.9. The number of carbonyl (C=O) groups is 1. The molecule has 0 aromatic carbocycles. The van der Waals surface area contributed by atoms with Gasteiger partial charge in [-0.15, -0.1) is 0 Å². The van der Waals surface area contributed by atoms with Crippen LogP contribution in [0.1, 0.15) is 60.5 Å². The number of pyridine rings is 1. The smallest absolute Gasteiger partial charge is 0.257 e. The normalized spacial score (nSPS) is 15.1. The van der Waals surface area contributed by atoms with Crippen molar-refractivity contribution >= 4 is 5.91 Å². The summed E-state index contributed by atoms with van der Waals surface area (Å²) in [6.07, 6.45) is 10.8. The molecule has 1 amide bonds. The molecular weight excluding hydrogens is 364 g/mol. The summed E-state index contributed by atoms with van der Waals surface area (Å²) in [7, 11) is 0. The van der Waals surface area contributed by atoms with E-state index in [1.165, 1.54) is 0 Å². The van der Waals surface area contributed by atoms with Crippen LogP contribution < -0.4 is 0 Å². The molecule has 0 N–H and O–H groups in total. The molecule has 29 heavy (non-hydrogen) atoms. The Hall–Kier alpha value is -3.09. The van der Waals surface area contributed by atoms with E-state index in [4.69, 9.17) is 4.98 Å². The fourth-order valence-electron chi connectivity index (χ4n) is 3.82. The van der Waals surface area contributed by atoms with Crippen LogP contribution in [0.3, 0.4) is 0 Å². The fraction of sp³-hybridized carbons (Fsp3) is 0.409. The first-order chi connectivity index (χ1) is 14.0. The second-order valence-corrected chi connectivity index (χ2v) is 7.82. The lowest BCUT2D eigenvalue weighted by Crippen LogP contribution is -2.38. The SMILES string of the molecule is Cc1ncc(-c2ccncc2)c(C2CCN(C(=O)c3cnn(C(C)C)c3)CC2)n1. The molecule has 0 spiro atoms. The fourth-order valence-corrected chi connectivity index (χ4v) is 3.82. The summed E-state index contributed by atoms with van der Waals surface area (Å²) >= 11 is 0. The molecule has 0 unspecified atom stereocenters. The van der Waals surface area contributed by atoms with Crippen molar-refractivity contribution in [1.29, 1.82) is 0 Å². The summed E-state index contributed by atoms with van der Waals surface area (Å²) in [4.78, 5) is 28.1. The van der Waals surface area contributed by atoms with Gasteiger partial charge in [0.25, 0.3) is 5.91 Å². The molecule has 150 valence electrons. The molecule has 0 saturated carbocycles. The third kappa shape index (κ3) is 4.04. The number of hydrogen-bond acceptors (Lipinski definition) is 5. The molecule has 0 atom stereocenters. The van der Waals surface area contributed by atoms with E-state index in [1.807, 2.05) is 41.0 Å². The van der Waals surface area contributed by atoms with Crippen LogP contribution in [0.2, 0.25) is 0 Å². The number of piperidine rings is 1. The van der Waals surface area contributed by atoms with Gasteiger partial charge >= 0.3 is 0 Å². The zero-order chi connectivity index (χ0) is 20.4. The second-order valence-electron chi connectivity index (χ2n) is 7.82. The van der Waals surface area contributed by atoms with Gasteiger partial charge in [0.15, 0.2) is 0 Å². The van der Waals surface area contributed by atoms with Gasteiger partial charge in [0.05, 0.1) is 17.5 Å². The van der Waals surface area contributed by atoms with Crippen molar-refractivity contribution < 1.29 is 4.79 Å². The second kappa shape index (κ2) is 8.11. The summed E-state index contributed by atoms with van der Waals surface area (Å²) in [6, 6.07) is 4.22. The van der Waals surface area contributed by atoms with E-state index in [9.17, 15) is 4.79 Å². The lowest BCUT2D eigenvalue weighted by molar-refractivity contribution is 0.0712. The van der Waals surface area contributed by atoms with Crippen LogP contribution in [0.25, 0.3) is 11.1 Å². The predicted octanol–water partition coefficient (Wildman–Crippen LogP) is 3.64. The molecular formula is C22H26N6O. The average molecular weight is 390 g/mol. The number of hydrogen-bond donors (Lipinski definition) is 0. The largest absolute Gasteiger partial charge is 0.339 e. The monoisotopic (exact) mass is 390 g/mol. The van der Waals surface area contributed by atoms with E-state index in [0.717, 1.165) is 48.6 Å². The summed E-state index contributed by atoms with van der Waals surface area (Å²) in [5, 5.41) is 4.30. The first-order valence-electron chi connectivity index (χ1n) is 10.1. The average Bonchev–Trinajstić information content (AvgIpc) is 3.25. The Balaban J connectivity index is 1.50. The highest BCUT2D eigenvalue weighted by molar-refractivity contribution is 5.93. The maximum absolute atomic E-state index is 12.9. The van der Waals surface area contributed by atoms with E-state index in [2.05, 4.69) is 28.9 Å². The Labute approximate surface area is 170 Å². The van der Waals surface area contributed by atoms with E-state index in [1.54, 1.807) is 18.6 Å². The molecule has 3 aromatic heterocycles. The van der Waals surface area contributed by atoms with Crippen molar-refractivity contribution in [3.8, 4) is 11.1 Å². The van der Waals surface area contributed by atoms with Crippen molar-refractivity contribution in [1.82, 2.24) is 29.6 Å². The number of carbonyl (C=O) groups excluding carboxylic acids is 1. The first kappa shape index (κ1) is 19.2. The van der Waals surface area contributed by atoms with Crippen molar-refractivity contribution in [2.75, 3.05) is 13.1 Å². The minimum absolute atomic E-state index is 0.0589. The number of nitrogens with zero attached hydrogens (tertiary/aromatic N) is 6. The Morgan fingerprint density at radius 1 is 1.14 bits per heavy atom. The van der Waals surface area contributed by atoms with E-state index < -0.39 is 0 Å². The van der Waals surface area contributed by atoms with Gasteiger partial charge in [-0.05, 0) is 51.3 Å². The van der Waals surface area contributed by atoms with E-state index >= 15 is 0 Å². The molecule has 4 rings (SSSR count). The lowest BCUT2D eigenvalue weighted by Gasteiger charge is -2.32. The quantitative estimate of drug-likeness (QED) is 0.680. The summed E-state index contributed by atoms with van der Waals surface area (Å²) in [5.74, 6) is 1.14. The molecule has 1 saturated heterocycles. The highest BCUT2D eigenvalue weighted by Gasteiger charge is 2.28. The molecule has 3 aromatic rings. The molecule has 4 heterocycles. The van der Waals surface area contributed by atoms with Gasteiger partial charge in [-0.25, -0.2) is 9.97 Å². The van der Waals surface area contributed by atoms with Crippen LogP contribution in [0.4, 0.5) is 0 Å². The van der Waals surface area contributed by atoms with Gasteiger partial charge in [-0.2, -0.15) is 5.10 Å². The molecule has 1 fully saturated rings. The highest BCUT2D eigenvalue weighted by Crippen LogP contribution is 2.34. The summed E-state index contributed by atoms with van der Waals surface area (Å²) in [6.45, 7) is 7.46. The van der Waals surface area contributed by atoms with Crippen molar-refractivity contribution in [2.24, 2.45) is 0 Å². The van der Waals surface area contributed by atoms with Gasteiger partial charge < -0.3 is 4.90 Å². The lowest BCUT2D eigenvalue weighted by atomic mass is 9.89. The van der Waals surface area contributed by atoms with E-state index in [-0.39, 0.29) is 11.9 Å². The molecule has 1 aliphatic rings. The van der Waals surface area contributed by atoms with Gasteiger partial charge in [-0.1, -0.05) is 0 Å². The molecule has 7 nitrogen and oxygen atoms in total. The Morgan fingerprint density at radius 3 is 2.52 bits per heavy atom. The Morgan fingerprint density at radius 2 is 1.86 bits per heavy atom. The Bertz CT molecular complexity index is 990. The summed E-state index contributed by atoms with van der Waals surface area (Å²) < 4.78 is 1.82. The van der Waals surface area contributed by atoms with Gasteiger partial charge in [0.2, 0.25) is 0 Å². The minimum Gasteiger partial charge on any atom is -0.339 e. The summed E-state index contributed by atoms with van der Waals surface area (Å²) in [5.41, 5.74) is 3.87. The first-order valence-corrected chi connectivity index (χ1v) is 10.1. The van der Waals surface area contributed by atoms with Crippen molar-refractivity contribution in [3.05, 3.63) is 60.2 Å². The zero-order valence-corrected chi connectivity index (χ0v) is 17.1. The number of amides is 1. The van der Waals surface area contributed by atoms with Crippen molar-refractivity contribution in [3.63, 3.8) is 0 Å². The van der Waals surface area contributed by atoms with Crippen LogP contribution in [-0.4, -0.2) is 48.6 Å². The van der Waals surface area contributed by atoms with E-state index in [0.29, 0.717) is 11.5 Å². The molecule has 7 heteroatoms. The maximum Gasteiger partial charge on any atom is 0.257 e. The number of likely N-dealkylation sites (tertiary alicyclic amines) is 1. The molecule has 0 aliphatic carbocycles. The number of aromatic nitrogens is 5. The van der Waals surface area contributed by atoms with Gasteiger partial charge in [0.1, 0.15) is 5.82 Å². The zero-order valence-electron chi connectivity index (χ0n) is 17.1. The van der Waals surface area contributed by atoms with Crippen LogP contribution in [0, 0.1) is 6.92 Å². The third-order valence-electron chi connectivity index (χ3n) is 5.48. The Kier molecular flexibility index (Phi) is 5.38. The third-order valence-corrected chi connectivity index (χ3v) is 5.48. The van der Waals surface area contributed by atoms with Crippen LogP contribution in [0.5, 0.6) is 0 Å². The van der Waals surface area contributed by atoms with Crippen LogP contribution in [-0.2, 0) is 0 Å². The van der Waals surface area contributed by atoms with Crippen LogP contribution in [0.15, 0.2) is 43.1 Å². The number of rotatable bonds is 4. The topological polar surface area (TPSA) is 76.8 Å². The number of aryl methyl sites for hydroxylation is 1. The standard InChI is InChI=1S/C22H26N6O/c1-15(2)28-14-19(12-25-28)22(29)27-10-6-18(7-11-27)21-20(13-24-16(3)26-21)17-4-8-23-9-5-17/h4-5,8-9,12-15,18H,6-7,10-11H2,1-3H3. The van der Waals surface area contributed by atoms with Gasteiger partial charge in [0, 0.05) is 55.4 Å². The molecule has 1 aliphatic heterocycles. The molecule has 0 radical (unpaired) electrons. The predicted molar refractivity (Wildman–Crippen MR) is 110 cm³/mol. The minimum atomic E-state index is 0.0589. The highest BCUT2D eigenvalue weighted by atomic mass is 16.2. The van der Waals surface area contributed by atoms with Gasteiger partial charge in [-0.3, -0.25) is 14.5 Å².